The lowest BCUT2D eigenvalue weighted by Crippen LogP contribution is -2.43. The van der Waals surface area contributed by atoms with Gasteiger partial charge < -0.3 is 20.3 Å². The zero-order valence-corrected chi connectivity index (χ0v) is 21.6. The van der Waals surface area contributed by atoms with Gasteiger partial charge in [0.2, 0.25) is 5.91 Å². The summed E-state index contributed by atoms with van der Waals surface area (Å²) in [7, 11) is 0. The number of amides is 1. The van der Waals surface area contributed by atoms with Crippen molar-refractivity contribution in [2.45, 2.75) is 51.7 Å². The average molecular weight is 521 g/mol. The van der Waals surface area contributed by atoms with Crippen LogP contribution < -0.4 is 10.1 Å². The summed E-state index contributed by atoms with van der Waals surface area (Å²) in [6.45, 7) is 3.53. The molecule has 0 unspecified atom stereocenters. The summed E-state index contributed by atoms with van der Waals surface area (Å²) in [5.41, 5.74) is 2.12. The molecule has 1 aliphatic rings. The summed E-state index contributed by atoms with van der Waals surface area (Å²) in [5.74, 6) is 0.681. The number of nitrogens with zero attached hydrogens (tertiary/aromatic N) is 1. The number of halogens is 1. The molecule has 7 nitrogen and oxygen atoms in total. The number of ketones is 1. The van der Waals surface area contributed by atoms with Crippen LogP contribution in [0.2, 0.25) is 0 Å². The lowest BCUT2D eigenvalue weighted by atomic mass is 9.96. The van der Waals surface area contributed by atoms with Crippen molar-refractivity contribution in [3.63, 3.8) is 0 Å². The van der Waals surface area contributed by atoms with Crippen molar-refractivity contribution < 1.29 is 28.9 Å². The van der Waals surface area contributed by atoms with Crippen molar-refractivity contribution in [1.82, 2.24) is 10.3 Å². The zero-order chi connectivity index (χ0) is 27.2. The number of rotatable bonds is 12. The number of hydrogen-bond acceptors (Lipinski definition) is 6. The summed E-state index contributed by atoms with van der Waals surface area (Å²) >= 11 is 0. The highest BCUT2D eigenvalue weighted by atomic mass is 19.1. The molecule has 8 heteroatoms. The van der Waals surface area contributed by atoms with Crippen LogP contribution in [0.25, 0.3) is 11.3 Å². The number of pyridine rings is 1. The smallest absolute Gasteiger partial charge is 0.223 e. The molecule has 0 saturated heterocycles. The molecule has 3 aromatic rings. The zero-order valence-electron chi connectivity index (χ0n) is 21.6. The van der Waals surface area contributed by atoms with Gasteiger partial charge in [0.1, 0.15) is 23.4 Å². The molecule has 38 heavy (non-hydrogen) atoms. The molecule has 3 N–H and O–H groups in total. The van der Waals surface area contributed by atoms with Gasteiger partial charge in [0, 0.05) is 17.2 Å². The number of nitrogens with one attached hydrogen (secondary N) is 1. The quantitative estimate of drug-likeness (QED) is 0.318. The molecule has 1 fully saturated rings. The van der Waals surface area contributed by atoms with Gasteiger partial charge >= 0.3 is 0 Å². The van der Waals surface area contributed by atoms with E-state index in [9.17, 15) is 24.2 Å². The standard InChI is InChI=1S/C30H33FN2O5/c1-18(2)13-27(33-30(37)20-3-4-20)28(35)16-23-14-21(29(36)17-34)15-26(32-23)19-5-9-24(10-6-19)38-25-11-7-22(31)8-12-25/h5-12,14-15,18,20,27,29,34,36H,3-4,13,16-17H2,1-2H3,(H,33,37)/t27-,29+/m0/s1. The van der Waals surface area contributed by atoms with Gasteiger partial charge in [0.15, 0.2) is 5.78 Å². The highest BCUT2D eigenvalue weighted by molar-refractivity contribution is 5.91. The van der Waals surface area contributed by atoms with E-state index in [4.69, 9.17) is 4.74 Å². The Labute approximate surface area is 221 Å². The van der Waals surface area contributed by atoms with Crippen molar-refractivity contribution >= 4 is 11.7 Å². The monoisotopic (exact) mass is 520 g/mol. The van der Waals surface area contributed by atoms with E-state index in [0.29, 0.717) is 34.9 Å². The number of aliphatic hydroxyl groups excluding tert-OH is 2. The summed E-state index contributed by atoms with van der Waals surface area (Å²) in [4.78, 5) is 30.3. The Bertz CT molecular complexity index is 1260. The van der Waals surface area contributed by atoms with Crippen molar-refractivity contribution in [2.24, 2.45) is 11.8 Å². The Morgan fingerprint density at radius 2 is 1.68 bits per heavy atom. The lowest BCUT2D eigenvalue weighted by molar-refractivity contribution is -0.128. The Kier molecular flexibility index (Phi) is 8.86. The van der Waals surface area contributed by atoms with Crippen LogP contribution in [0.15, 0.2) is 60.7 Å². The molecule has 2 aromatic carbocycles. The molecule has 2 atom stereocenters. The maximum absolute atomic E-state index is 13.3. The molecule has 0 radical (unpaired) electrons. The van der Waals surface area contributed by atoms with Crippen LogP contribution in [-0.2, 0) is 16.0 Å². The number of Topliss-reactive ketones (excluding diaryl/α,β-unsaturated/α-hetero) is 1. The summed E-state index contributed by atoms with van der Waals surface area (Å²) in [6.07, 6.45) is 1.08. The predicted molar refractivity (Wildman–Crippen MR) is 141 cm³/mol. The van der Waals surface area contributed by atoms with Crippen LogP contribution in [0.5, 0.6) is 11.5 Å². The molecular weight excluding hydrogens is 487 g/mol. The van der Waals surface area contributed by atoms with Crippen molar-refractivity contribution in [3.8, 4) is 22.8 Å². The van der Waals surface area contributed by atoms with E-state index < -0.39 is 18.8 Å². The van der Waals surface area contributed by atoms with Gasteiger partial charge in [-0.25, -0.2) is 4.39 Å². The van der Waals surface area contributed by atoms with Gasteiger partial charge in [0.05, 0.1) is 24.8 Å². The minimum absolute atomic E-state index is 0.000211. The minimum atomic E-state index is -1.13. The Balaban J connectivity index is 1.55. The molecule has 0 spiro atoms. The molecule has 1 amide bonds. The first-order chi connectivity index (χ1) is 18.2. The Hall–Kier alpha value is -3.62. The first kappa shape index (κ1) is 27.4. The van der Waals surface area contributed by atoms with E-state index >= 15 is 0 Å². The first-order valence-electron chi connectivity index (χ1n) is 12.9. The van der Waals surface area contributed by atoms with Crippen molar-refractivity contribution in [2.75, 3.05) is 6.61 Å². The minimum Gasteiger partial charge on any atom is -0.457 e. The topological polar surface area (TPSA) is 109 Å². The molecular formula is C30H33FN2O5. The Morgan fingerprint density at radius 1 is 1.05 bits per heavy atom. The number of benzene rings is 2. The van der Waals surface area contributed by atoms with Gasteiger partial charge in [-0.1, -0.05) is 13.8 Å². The van der Waals surface area contributed by atoms with E-state index in [2.05, 4.69) is 10.3 Å². The summed E-state index contributed by atoms with van der Waals surface area (Å²) in [6, 6.07) is 15.4. The highest BCUT2D eigenvalue weighted by Gasteiger charge is 2.33. The maximum atomic E-state index is 13.3. The molecule has 4 rings (SSSR count). The Morgan fingerprint density at radius 3 is 2.26 bits per heavy atom. The van der Waals surface area contributed by atoms with Crippen LogP contribution in [-0.4, -0.2) is 39.5 Å². The number of carbonyl (C=O) groups excluding carboxylic acids is 2. The fourth-order valence-electron chi connectivity index (χ4n) is 4.16. The average Bonchev–Trinajstić information content (AvgIpc) is 3.75. The van der Waals surface area contributed by atoms with E-state index in [1.54, 1.807) is 36.4 Å². The normalized spacial score (nSPS) is 14.7. The van der Waals surface area contributed by atoms with E-state index in [-0.39, 0.29) is 35.8 Å². The van der Waals surface area contributed by atoms with Crippen LogP contribution >= 0.6 is 0 Å². The van der Waals surface area contributed by atoms with Gasteiger partial charge in [-0.05, 0) is 91.4 Å². The number of ether oxygens (including phenoxy) is 1. The summed E-state index contributed by atoms with van der Waals surface area (Å²) < 4.78 is 18.9. The highest BCUT2D eigenvalue weighted by Crippen LogP contribution is 2.30. The van der Waals surface area contributed by atoms with Gasteiger partial charge in [-0.2, -0.15) is 0 Å². The van der Waals surface area contributed by atoms with Crippen LogP contribution in [0.1, 0.15) is 50.5 Å². The van der Waals surface area contributed by atoms with E-state index in [1.807, 2.05) is 13.8 Å². The molecule has 1 saturated carbocycles. The molecule has 1 aliphatic carbocycles. The largest absolute Gasteiger partial charge is 0.457 e. The number of aliphatic hydroxyl groups is 2. The van der Waals surface area contributed by atoms with Crippen molar-refractivity contribution in [3.05, 3.63) is 77.7 Å². The third kappa shape index (κ3) is 7.46. The second-order valence-electron chi connectivity index (χ2n) is 10.2. The van der Waals surface area contributed by atoms with Gasteiger partial charge in [-0.3, -0.25) is 14.6 Å². The predicted octanol–water partition coefficient (Wildman–Crippen LogP) is 4.76. The van der Waals surface area contributed by atoms with Crippen LogP contribution in [0, 0.1) is 17.7 Å². The molecule has 0 aliphatic heterocycles. The van der Waals surface area contributed by atoms with E-state index in [0.717, 1.165) is 18.4 Å². The number of aromatic nitrogens is 1. The van der Waals surface area contributed by atoms with Crippen LogP contribution in [0.4, 0.5) is 4.39 Å². The molecule has 1 aromatic heterocycles. The van der Waals surface area contributed by atoms with E-state index in [1.165, 1.54) is 24.3 Å². The third-order valence-electron chi connectivity index (χ3n) is 6.37. The maximum Gasteiger partial charge on any atom is 0.223 e. The van der Waals surface area contributed by atoms with Gasteiger partial charge in [0.25, 0.3) is 0 Å². The second kappa shape index (κ2) is 12.3. The SMILES string of the molecule is CC(C)C[C@H](NC(=O)C1CC1)C(=O)Cc1cc([C@H](O)CO)cc(-c2ccc(Oc3ccc(F)cc3)cc2)n1. The lowest BCUT2D eigenvalue weighted by Gasteiger charge is -2.20. The number of hydrogen-bond donors (Lipinski definition) is 3. The fraction of sp³-hybridized carbons (Fsp3) is 0.367. The first-order valence-corrected chi connectivity index (χ1v) is 12.9. The second-order valence-corrected chi connectivity index (χ2v) is 10.2. The van der Waals surface area contributed by atoms with Gasteiger partial charge in [-0.15, -0.1) is 0 Å². The van der Waals surface area contributed by atoms with Crippen molar-refractivity contribution in [1.29, 1.82) is 0 Å². The third-order valence-corrected chi connectivity index (χ3v) is 6.37. The fourth-order valence-corrected chi connectivity index (χ4v) is 4.16. The molecule has 1 heterocycles. The van der Waals surface area contributed by atoms with Crippen LogP contribution in [0.3, 0.4) is 0 Å². The molecule has 0 bridgehead atoms. The summed E-state index contributed by atoms with van der Waals surface area (Å²) in [5, 5.41) is 22.8. The molecule has 200 valence electrons. The number of carbonyl (C=O) groups is 2.